The Morgan fingerprint density at radius 2 is 2.42 bits per heavy atom. The summed E-state index contributed by atoms with van der Waals surface area (Å²) in [5, 5.41) is 0. The zero-order valence-corrected chi connectivity index (χ0v) is 7.13. The zero-order chi connectivity index (χ0) is 8.97. The lowest BCUT2D eigenvalue weighted by Crippen LogP contribution is -2.18. The number of hydrogen-bond acceptors (Lipinski definition) is 2. The number of pyridine rings is 1. The molecule has 0 aliphatic rings. The average molecular weight is 168 g/mol. The van der Waals surface area contributed by atoms with Crippen LogP contribution in [-0.4, -0.2) is 11.0 Å². The smallest absolute Gasteiger partial charge is 0.115 e. The van der Waals surface area contributed by atoms with E-state index in [-0.39, 0.29) is 6.04 Å². The monoisotopic (exact) mass is 168 g/mol. The van der Waals surface area contributed by atoms with E-state index < -0.39 is 6.67 Å². The lowest BCUT2D eigenvalue weighted by molar-refractivity contribution is 0.484. The van der Waals surface area contributed by atoms with Gasteiger partial charge in [-0.2, -0.15) is 0 Å². The Morgan fingerprint density at radius 3 is 3.00 bits per heavy atom. The molecular weight excluding hydrogens is 155 g/mol. The summed E-state index contributed by atoms with van der Waals surface area (Å²) in [6.07, 6.45) is 2.32. The maximum absolute atomic E-state index is 12.2. The molecule has 0 spiro atoms. The van der Waals surface area contributed by atoms with Crippen molar-refractivity contribution in [2.24, 2.45) is 5.73 Å². The van der Waals surface area contributed by atoms with Crippen molar-refractivity contribution in [1.29, 1.82) is 0 Å². The molecule has 3 heteroatoms. The molecule has 12 heavy (non-hydrogen) atoms. The van der Waals surface area contributed by atoms with Crippen molar-refractivity contribution >= 4 is 0 Å². The number of rotatable bonds is 3. The van der Waals surface area contributed by atoms with Gasteiger partial charge in [-0.25, -0.2) is 4.39 Å². The van der Waals surface area contributed by atoms with E-state index in [0.717, 1.165) is 5.69 Å². The van der Waals surface area contributed by atoms with Crippen molar-refractivity contribution in [2.45, 2.75) is 26.1 Å². The summed E-state index contributed by atoms with van der Waals surface area (Å²) >= 11 is 0. The molecule has 0 amide bonds. The van der Waals surface area contributed by atoms with Crippen LogP contribution in [-0.2, 0) is 13.1 Å². The fourth-order valence-corrected chi connectivity index (χ4v) is 1.05. The minimum absolute atomic E-state index is 0.0763. The molecule has 1 aromatic heterocycles. The van der Waals surface area contributed by atoms with Crippen molar-refractivity contribution < 1.29 is 4.39 Å². The summed E-state index contributed by atoms with van der Waals surface area (Å²) in [7, 11) is 0. The number of aromatic nitrogens is 1. The maximum Gasteiger partial charge on any atom is 0.115 e. The van der Waals surface area contributed by atoms with E-state index in [9.17, 15) is 4.39 Å². The number of hydrogen-bond donors (Lipinski definition) is 1. The van der Waals surface area contributed by atoms with E-state index in [4.69, 9.17) is 5.73 Å². The van der Waals surface area contributed by atoms with Gasteiger partial charge in [0, 0.05) is 24.4 Å². The molecule has 1 unspecified atom stereocenters. The van der Waals surface area contributed by atoms with Crippen molar-refractivity contribution in [3.8, 4) is 0 Å². The second kappa shape index (κ2) is 4.16. The first-order chi connectivity index (χ1) is 5.72. The van der Waals surface area contributed by atoms with Crippen LogP contribution in [0.5, 0.6) is 0 Å². The third-order valence-electron chi connectivity index (χ3n) is 1.57. The zero-order valence-electron chi connectivity index (χ0n) is 7.13. The third-order valence-corrected chi connectivity index (χ3v) is 1.57. The quantitative estimate of drug-likeness (QED) is 0.741. The van der Waals surface area contributed by atoms with Gasteiger partial charge in [0.05, 0.1) is 0 Å². The topological polar surface area (TPSA) is 38.9 Å². The normalized spacial score (nSPS) is 12.9. The fourth-order valence-electron chi connectivity index (χ4n) is 1.05. The maximum atomic E-state index is 12.2. The van der Waals surface area contributed by atoms with Crippen LogP contribution in [0, 0.1) is 0 Å². The molecule has 0 saturated heterocycles. The summed E-state index contributed by atoms with van der Waals surface area (Å²) in [5.41, 5.74) is 7.11. The molecule has 1 atom stereocenters. The molecule has 0 aromatic carbocycles. The summed E-state index contributed by atoms with van der Waals surface area (Å²) in [5.74, 6) is 0. The van der Waals surface area contributed by atoms with E-state index in [1.54, 1.807) is 18.3 Å². The molecule has 2 nitrogen and oxygen atoms in total. The number of halogens is 1. The first kappa shape index (κ1) is 9.13. The van der Waals surface area contributed by atoms with Crippen LogP contribution in [0.2, 0.25) is 0 Å². The molecule has 0 aliphatic carbocycles. The SMILES string of the molecule is CC(N)Cc1cc(CF)ccn1. The van der Waals surface area contributed by atoms with Gasteiger partial charge in [0.25, 0.3) is 0 Å². The first-order valence-corrected chi connectivity index (χ1v) is 3.97. The van der Waals surface area contributed by atoms with Crippen LogP contribution in [0.15, 0.2) is 18.3 Å². The highest BCUT2D eigenvalue weighted by atomic mass is 19.1. The molecule has 0 saturated carbocycles. The predicted molar refractivity (Wildman–Crippen MR) is 46.4 cm³/mol. The van der Waals surface area contributed by atoms with Crippen molar-refractivity contribution in [3.63, 3.8) is 0 Å². The van der Waals surface area contributed by atoms with Crippen LogP contribution >= 0.6 is 0 Å². The molecule has 0 bridgehead atoms. The molecule has 0 aliphatic heterocycles. The molecular formula is C9H13FN2. The van der Waals surface area contributed by atoms with Gasteiger partial charge in [-0.05, 0) is 24.6 Å². The van der Waals surface area contributed by atoms with Gasteiger partial charge < -0.3 is 5.73 Å². The molecule has 1 rings (SSSR count). The predicted octanol–water partition coefficient (Wildman–Crippen LogP) is 1.44. The number of nitrogens with zero attached hydrogens (tertiary/aromatic N) is 1. The van der Waals surface area contributed by atoms with Crippen LogP contribution < -0.4 is 5.73 Å². The highest BCUT2D eigenvalue weighted by Crippen LogP contribution is 2.04. The summed E-state index contributed by atoms with van der Waals surface area (Å²) in [4.78, 5) is 4.08. The molecule has 1 aromatic rings. The van der Waals surface area contributed by atoms with E-state index in [2.05, 4.69) is 4.98 Å². The Balaban J connectivity index is 2.72. The third kappa shape index (κ3) is 2.58. The Labute approximate surface area is 71.6 Å². The fraction of sp³-hybridized carbons (Fsp3) is 0.444. The molecule has 0 radical (unpaired) electrons. The van der Waals surface area contributed by atoms with E-state index in [1.807, 2.05) is 6.92 Å². The van der Waals surface area contributed by atoms with Gasteiger partial charge in [-0.1, -0.05) is 0 Å². The molecule has 1 heterocycles. The van der Waals surface area contributed by atoms with E-state index in [0.29, 0.717) is 12.0 Å². The summed E-state index contributed by atoms with van der Waals surface area (Å²) in [6, 6.07) is 3.50. The van der Waals surface area contributed by atoms with Crippen molar-refractivity contribution in [2.75, 3.05) is 0 Å². The Hall–Kier alpha value is -0.960. The molecule has 66 valence electrons. The lowest BCUT2D eigenvalue weighted by atomic mass is 10.1. The van der Waals surface area contributed by atoms with Gasteiger partial charge in [-0.3, -0.25) is 4.98 Å². The first-order valence-electron chi connectivity index (χ1n) is 3.97. The Bertz CT molecular complexity index is 248. The largest absolute Gasteiger partial charge is 0.328 e. The van der Waals surface area contributed by atoms with Crippen LogP contribution in [0.3, 0.4) is 0 Å². The Kier molecular flexibility index (Phi) is 3.17. The minimum Gasteiger partial charge on any atom is -0.328 e. The number of nitrogens with two attached hydrogens (primary N) is 1. The van der Waals surface area contributed by atoms with Gasteiger partial charge in [0.15, 0.2) is 0 Å². The van der Waals surface area contributed by atoms with Gasteiger partial charge in [0.2, 0.25) is 0 Å². The van der Waals surface area contributed by atoms with E-state index in [1.165, 1.54) is 0 Å². The molecule has 0 fully saturated rings. The van der Waals surface area contributed by atoms with Gasteiger partial charge in [0.1, 0.15) is 6.67 Å². The molecule has 2 N–H and O–H groups in total. The van der Waals surface area contributed by atoms with Crippen LogP contribution in [0.4, 0.5) is 4.39 Å². The van der Waals surface area contributed by atoms with Gasteiger partial charge in [-0.15, -0.1) is 0 Å². The second-order valence-corrected chi connectivity index (χ2v) is 2.97. The summed E-state index contributed by atoms with van der Waals surface area (Å²) < 4.78 is 12.2. The number of alkyl halides is 1. The van der Waals surface area contributed by atoms with Crippen LogP contribution in [0.1, 0.15) is 18.2 Å². The van der Waals surface area contributed by atoms with E-state index >= 15 is 0 Å². The second-order valence-electron chi connectivity index (χ2n) is 2.97. The highest BCUT2D eigenvalue weighted by Gasteiger charge is 1.99. The highest BCUT2D eigenvalue weighted by molar-refractivity contribution is 5.16. The Morgan fingerprint density at radius 1 is 1.67 bits per heavy atom. The standard InChI is InChI=1S/C9H13FN2/c1-7(11)4-9-5-8(6-10)2-3-12-9/h2-3,5,7H,4,6,11H2,1H3. The average Bonchev–Trinajstić information content (AvgIpc) is 2.03. The van der Waals surface area contributed by atoms with Gasteiger partial charge >= 0.3 is 0 Å². The lowest BCUT2D eigenvalue weighted by Gasteiger charge is -2.04. The van der Waals surface area contributed by atoms with Crippen molar-refractivity contribution in [3.05, 3.63) is 29.6 Å². The van der Waals surface area contributed by atoms with Crippen molar-refractivity contribution in [1.82, 2.24) is 4.98 Å². The minimum atomic E-state index is -0.436. The van der Waals surface area contributed by atoms with Crippen LogP contribution in [0.25, 0.3) is 0 Å². The summed E-state index contributed by atoms with van der Waals surface area (Å²) in [6.45, 7) is 1.47.